The number of hydrogen-bond donors (Lipinski definition) is 0. The van der Waals surface area contributed by atoms with E-state index in [0.29, 0.717) is 5.41 Å². The monoisotopic (exact) mass is 210 g/mol. The maximum absolute atomic E-state index is 11.9. The van der Waals surface area contributed by atoms with Crippen molar-refractivity contribution in [2.24, 2.45) is 5.41 Å². The van der Waals surface area contributed by atoms with E-state index < -0.39 is 0 Å². The number of rotatable bonds is 1. The molecule has 0 N–H and O–H groups in total. The molecule has 1 unspecified atom stereocenters. The fraction of sp³-hybridized carbons (Fsp3) is 0.909. The van der Waals surface area contributed by atoms with Crippen LogP contribution in [0.15, 0.2) is 0 Å². The van der Waals surface area contributed by atoms with Gasteiger partial charge in [0.1, 0.15) is 6.10 Å². The molecule has 1 spiro atoms. The van der Waals surface area contributed by atoms with E-state index in [9.17, 15) is 4.79 Å². The first-order valence-corrected chi connectivity index (χ1v) is 5.78. The van der Waals surface area contributed by atoms with Gasteiger partial charge in [0.2, 0.25) is 0 Å². The van der Waals surface area contributed by atoms with Crippen molar-refractivity contribution in [3.05, 3.63) is 0 Å². The predicted octanol–water partition coefficient (Wildman–Crippen LogP) is -0.0606. The van der Waals surface area contributed by atoms with Gasteiger partial charge in [-0.1, -0.05) is 0 Å². The van der Waals surface area contributed by atoms with Crippen LogP contribution in [0.1, 0.15) is 12.8 Å². The maximum atomic E-state index is 11.9. The van der Waals surface area contributed by atoms with Gasteiger partial charge in [0.25, 0.3) is 5.91 Å². The first kappa shape index (κ1) is 9.60. The zero-order valence-corrected chi connectivity index (χ0v) is 9.24. The summed E-state index contributed by atoms with van der Waals surface area (Å²) in [6.07, 6.45) is 1.83. The summed E-state index contributed by atoms with van der Waals surface area (Å²) in [5, 5.41) is 0. The molecule has 1 atom stereocenters. The third kappa shape index (κ3) is 1.47. The van der Waals surface area contributed by atoms with Crippen molar-refractivity contribution < 1.29 is 9.53 Å². The lowest BCUT2D eigenvalue weighted by Crippen LogP contribution is -2.72. The molecule has 1 amide bonds. The van der Waals surface area contributed by atoms with Gasteiger partial charge in [-0.05, 0) is 19.9 Å². The number of likely N-dealkylation sites (tertiary alicyclic amines) is 2. The Balaban J connectivity index is 1.52. The number of carbonyl (C=O) groups excluding carboxylic acids is 1. The van der Waals surface area contributed by atoms with Gasteiger partial charge in [0, 0.05) is 38.2 Å². The fourth-order valence-electron chi connectivity index (χ4n) is 3.19. The lowest BCUT2D eigenvalue weighted by atomic mass is 9.73. The van der Waals surface area contributed by atoms with Gasteiger partial charge in [-0.2, -0.15) is 0 Å². The molecule has 0 saturated carbocycles. The summed E-state index contributed by atoms with van der Waals surface area (Å²) in [5.74, 6) is 0.229. The Bertz CT molecular complexity index is 272. The number of amides is 1. The molecule has 0 aliphatic carbocycles. The molecule has 0 aromatic carbocycles. The Kier molecular flexibility index (Phi) is 2.04. The summed E-state index contributed by atoms with van der Waals surface area (Å²) in [4.78, 5) is 16.2. The highest BCUT2D eigenvalue weighted by atomic mass is 16.5. The highest BCUT2D eigenvalue weighted by molar-refractivity contribution is 5.82. The Morgan fingerprint density at radius 3 is 2.60 bits per heavy atom. The standard InChI is InChI=1S/C11H18N2O2/c1-12-5-11(6-12)7-13(8-11)10(14)9-3-2-4-15-9/h9H,2-8H2,1H3. The highest BCUT2D eigenvalue weighted by Gasteiger charge is 2.52. The number of ether oxygens (including phenoxy) is 1. The Labute approximate surface area is 90.2 Å². The summed E-state index contributed by atoms with van der Waals surface area (Å²) < 4.78 is 5.41. The van der Waals surface area contributed by atoms with Crippen molar-refractivity contribution in [2.45, 2.75) is 18.9 Å². The third-order valence-electron chi connectivity index (χ3n) is 3.78. The maximum Gasteiger partial charge on any atom is 0.251 e. The van der Waals surface area contributed by atoms with E-state index in [4.69, 9.17) is 4.74 Å². The van der Waals surface area contributed by atoms with Gasteiger partial charge in [0.05, 0.1) is 0 Å². The molecule has 4 heteroatoms. The molecule has 0 aromatic heterocycles. The topological polar surface area (TPSA) is 32.8 Å². The second-order valence-corrected chi connectivity index (χ2v) is 5.37. The summed E-state index contributed by atoms with van der Waals surface area (Å²) in [6.45, 7) is 4.98. The lowest BCUT2D eigenvalue weighted by molar-refractivity contribution is -0.165. The summed E-state index contributed by atoms with van der Waals surface area (Å²) in [6, 6.07) is 0. The molecule has 4 nitrogen and oxygen atoms in total. The first-order chi connectivity index (χ1) is 7.19. The Morgan fingerprint density at radius 2 is 2.07 bits per heavy atom. The molecular weight excluding hydrogens is 192 g/mol. The SMILES string of the molecule is CN1CC2(C1)CN(C(=O)C1CCCO1)C2. The van der Waals surface area contributed by atoms with Crippen LogP contribution in [0, 0.1) is 5.41 Å². The van der Waals surface area contributed by atoms with E-state index in [1.807, 2.05) is 4.90 Å². The van der Waals surface area contributed by atoms with E-state index in [0.717, 1.165) is 45.6 Å². The van der Waals surface area contributed by atoms with Crippen LogP contribution in [0.5, 0.6) is 0 Å². The molecule has 0 radical (unpaired) electrons. The summed E-state index contributed by atoms with van der Waals surface area (Å²) >= 11 is 0. The molecule has 3 aliphatic heterocycles. The Hall–Kier alpha value is -0.610. The van der Waals surface area contributed by atoms with E-state index in [1.165, 1.54) is 0 Å². The molecule has 3 heterocycles. The molecule has 15 heavy (non-hydrogen) atoms. The minimum absolute atomic E-state index is 0.125. The van der Waals surface area contributed by atoms with E-state index in [-0.39, 0.29) is 12.0 Å². The number of nitrogens with zero attached hydrogens (tertiary/aromatic N) is 2. The third-order valence-corrected chi connectivity index (χ3v) is 3.78. The molecule has 84 valence electrons. The normalized spacial score (nSPS) is 33.9. The lowest BCUT2D eigenvalue weighted by Gasteiger charge is -2.59. The Morgan fingerprint density at radius 1 is 1.33 bits per heavy atom. The molecule has 3 rings (SSSR count). The zero-order valence-electron chi connectivity index (χ0n) is 9.24. The van der Waals surface area contributed by atoms with Crippen molar-refractivity contribution in [1.29, 1.82) is 0 Å². The first-order valence-electron chi connectivity index (χ1n) is 5.78. The van der Waals surface area contributed by atoms with Gasteiger partial charge in [0.15, 0.2) is 0 Å². The van der Waals surface area contributed by atoms with Gasteiger partial charge < -0.3 is 14.5 Å². The van der Waals surface area contributed by atoms with Crippen molar-refractivity contribution in [1.82, 2.24) is 9.80 Å². The predicted molar refractivity (Wildman–Crippen MR) is 55.5 cm³/mol. The van der Waals surface area contributed by atoms with E-state index >= 15 is 0 Å². The van der Waals surface area contributed by atoms with Crippen LogP contribution in [0.4, 0.5) is 0 Å². The van der Waals surface area contributed by atoms with Gasteiger partial charge in [-0.25, -0.2) is 0 Å². The molecule has 0 aromatic rings. The van der Waals surface area contributed by atoms with Crippen LogP contribution in [-0.4, -0.2) is 61.6 Å². The van der Waals surface area contributed by atoms with Gasteiger partial charge in [-0.3, -0.25) is 4.79 Å². The van der Waals surface area contributed by atoms with E-state index in [1.54, 1.807) is 0 Å². The fourth-order valence-corrected chi connectivity index (χ4v) is 3.19. The smallest absolute Gasteiger partial charge is 0.251 e. The van der Waals surface area contributed by atoms with Crippen molar-refractivity contribution in [2.75, 3.05) is 39.8 Å². The second-order valence-electron chi connectivity index (χ2n) is 5.37. The average molecular weight is 210 g/mol. The second kappa shape index (κ2) is 3.19. The van der Waals surface area contributed by atoms with Crippen LogP contribution in [0.3, 0.4) is 0 Å². The molecule has 3 aliphatic rings. The van der Waals surface area contributed by atoms with Crippen molar-refractivity contribution >= 4 is 5.91 Å². The van der Waals surface area contributed by atoms with Gasteiger partial charge >= 0.3 is 0 Å². The highest BCUT2D eigenvalue weighted by Crippen LogP contribution is 2.39. The molecule has 3 saturated heterocycles. The van der Waals surface area contributed by atoms with Crippen LogP contribution in [0.2, 0.25) is 0 Å². The van der Waals surface area contributed by atoms with Crippen LogP contribution < -0.4 is 0 Å². The molecule has 3 fully saturated rings. The average Bonchev–Trinajstić information content (AvgIpc) is 2.60. The van der Waals surface area contributed by atoms with Crippen LogP contribution in [0.25, 0.3) is 0 Å². The molecule has 0 bridgehead atoms. The number of hydrogen-bond acceptors (Lipinski definition) is 3. The minimum atomic E-state index is -0.125. The zero-order chi connectivity index (χ0) is 10.5. The van der Waals surface area contributed by atoms with Crippen LogP contribution in [-0.2, 0) is 9.53 Å². The summed E-state index contributed by atoms with van der Waals surface area (Å²) in [7, 11) is 2.13. The largest absolute Gasteiger partial charge is 0.368 e. The quantitative estimate of drug-likeness (QED) is 0.608. The molecular formula is C11H18N2O2. The van der Waals surface area contributed by atoms with Crippen LogP contribution >= 0.6 is 0 Å². The minimum Gasteiger partial charge on any atom is -0.368 e. The van der Waals surface area contributed by atoms with Crippen molar-refractivity contribution in [3.63, 3.8) is 0 Å². The van der Waals surface area contributed by atoms with E-state index in [2.05, 4.69) is 11.9 Å². The van der Waals surface area contributed by atoms with Crippen molar-refractivity contribution in [3.8, 4) is 0 Å². The number of carbonyl (C=O) groups is 1. The van der Waals surface area contributed by atoms with Gasteiger partial charge in [-0.15, -0.1) is 0 Å². The summed E-state index contributed by atoms with van der Waals surface area (Å²) in [5.41, 5.74) is 0.447.